The van der Waals surface area contributed by atoms with E-state index in [9.17, 15) is 0 Å². The lowest BCUT2D eigenvalue weighted by atomic mass is 9.93. The van der Waals surface area contributed by atoms with Crippen molar-refractivity contribution in [2.45, 2.75) is 53.1 Å². The lowest BCUT2D eigenvalue weighted by Crippen LogP contribution is -2.36. The highest BCUT2D eigenvalue weighted by molar-refractivity contribution is 7.09. The average Bonchev–Trinajstić information content (AvgIpc) is 2.98. The molecule has 0 bridgehead atoms. The molecule has 0 radical (unpaired) electrons. The van der Waals surface area contributed by atoms with Gasteiger partial charge < -0.3 is 10.6 Å². The zero-order valence-electron chi connectivity index (χ0n) is 15.5. The first kappa shape index (κ1) is 18.5. The molecule has 1 aromatic carbocycles. The number of aromatic nitrogens is 1. The van der Waals surface area contributed by atoms with Crippen LogP contribution >= 0.6 is 11.3 Å². The van der Waals surface area contributed by atoms with Crippen LogP contribution in [0.2, 0.25) is 0 Å². The molecule has 5 heteroatoms. The van der Waals surface area contributed by atoms with Crippen molar-refractivity contribution in [2.24, 2.45) is 4.99 Å². The summed E-state index contributed by atoms with van der Waals surface area (Å²) in [7, 11) is 1.79. The van der Waals surface area contributed by atoms with Crippen molar-refractivity contribution in [3.63, 3.8) is 0 Å². The predicted octanol–water partition coefficient (Wildman–Crippen LogP) is 3.92. The normalized spacial score (nSPS) is 12.3. The van der Waals surface area contributed by atoms with Crippen molar-refractivity contribution >= 4 is 17.3 Å². The molecule has 2 rings (SSSR count). The number of nitrogens with one attached hydrogen (secondary N) is 2. The first-order valence-corrected chi connectivity index (χ1v) is 9.13. The first-order chi connectivity index (χ1) is 11.3. The van der Waals surface area contributed by atoms with E-state index in [2.05, 4.69) is 73.8 Å². The van der Waals surface area contributed by atoms with Crippen LogP contribution in [0.15, 0.2) is 28.6 Å². The lowest BCUT2D eigenvalue weighted by molar-refractivity contribution is 0.570. The summed E-state index contributed by atoms with van der Waals surface area (Å²) in [6, 6.07) is 6.52. The highest BCUT2D eigenvalue weighted by atomic mass is 32.1. The number of aliphatic imine (C=N–C) groups is 1. The molecule has 4 nitrogen and oxygen atoms in total. The molecule has 0 aliphatic rings. The highest BCUT2D eigenvalue weighted by Gasteiger charge is 2.17. The van der Waals surface area contributed by atoms with Crippen LogP contribution in [0.25, 0.3) is 0 Å². The fourth-order valence-electron chi connectivity index (χ4n) is 2.34. The zero-order valence-corrected chi connectivity index (χ0v) is 16.3. The Balaban J connectivity index is 1.90. The molecule has 0 atom stereocenters. The van der Waals surface area contributed by atoms with E-state index in [0.717, 1.165) is 23.2 Å². The van der Waals surface area contributed by atoms with Gasteiger partial charge in [0.2, 0.25) is 0 Å². The van der Waals surface area contributed by atoms with Crippen molar-refractivity contribution in [3.8, 4) is 0 Å². The van der Waals surface area contributed by atoms with Gasteiger partial charge in [-0.05, 0) is 25.0 Å². The summed E-state index contributed by atoms with van der Waals surface area (Å²) in [5.41, 5.74) is 5.11. The SMILES string of the molecule is CN=C(NCc1nc(C(C)(C)C)cs1)NCc1ccc(C)cc1C. The van der Waals surface area contributed by atoms with Gasteiger partial charge in [0, 0.05) is 24.4 Å². The highest BCUT2D eigenvalue weighted by Crippen LogP contribution is 2.23. The Kier molecular flexibility index (Phi) is 5.99. The number of thiazole rings is 1. The van der Waals surface area contributed by atoms with Gasteiger partial charge in [-0.1, -0.05) is 44.5 Å². The molecule has 0 unspecified atom stereocenters. The number of guanidine groups is 1. The van der Waals surface area contributed by atoms with E-state index in [1.807, 2.05) is 0 Å². The number of aryl methyl sites for hydroxylation is 2. The standard InChI is InChI=1S/C19H28N4S/c1-13-7-8-15(14(2)9-13)10-21-18(20-6)22-11-17-23-16(12-24-17)19(3,4)5/h7-9,12H,10-11H2,1-6H3,(H2,20,21,22). The Hall–Kier alpha value is -1.88. The molecule has 0 saturated carbocycles. The minimum absolute atomic E-state index is 0.0949. The molecule has 0 amide bonds. The van der Waals surface area contributed by atoms with Gasteiger partial charge in [-0.2, -0.15) is 0 Å². The van der Waals surface area contributed by atoms with Crippen LogP contribution in [0, 0.1) is 13.8 Å². The molecule has 2 N–H and O–H groups in total. The van der Waals surface area contributed by atoms with Crippen LogP contribution in [-0.2, 0) is 18.5 Å². The fraction of sp³-hybridized carbons (Fsp3) is 0.474. The van der Waals surface area contributed by atoms with Gasteiger partial charge in [0.1, 0.15) is 5.01 Å². The van der Waals surface area contributed by atoms with E-state index >= 15 is 0 Å². The van der Waals surface area contributed by atoms with Gasteiger partial charge in [-0.25, -0.2) is 4.98 Å². The number of hydrogen-bond acceptors (Lipinski definition) is 3. The van der Waals surface area contributed by atoms with E-state index < -0.39 is 0 Å². The molecular weight excluding hydrogens is 316 g/mol. The summed E-state index contributed by atoms with van der Waals surface area (Å²) in [5.74, 6) is 0.794. The summed E-state index contributed by atoms with van der Waals surface area (Å²) in [4.78, 5) is 9.00. The molecule has 1 aromatic heterocycles. The molecule has 0 saturated heterocycles. The smallest absolute Gasteiger partial charge is 0.191 e. The van der Waals surface area contributed by atoms with Crippen LogP contribution in [0.4, 0.5) is 0 Å². The topological polar surface area (TPSA) is 49.3 Å². The fourth-order valence-corrected chi connectivity index (χ4v) is 3.30. The predicted molar refractivity (Wildman–Crippen MR) is 104 cm³/mol. The maximum atomic E-state index is 4.70. The first-order valence-electron chi connectivity index (χ1n) is 8.25. The third kappa shape index (κ3) is 5.06. The Bertz CT molecular complexity index is 710. The average molecular weight is 345 g/mol. The molecular formula is C19H28N4S. The molecule has 0 aliphatic carbocycles. The molecule has 0 fully saturated rings. The molecule has 0 spiro atoms. The van der Waals surface area contributed by atoms with E-state index in [1.54, 1.807) is 18.4 Å². The van der Waals surface area contributed by atoms with Crippen LogP contribution in [-0.4, -0.2) is 18.0 Å². The molecule has 2 aromatic rings. The van der Waals surface area contributed by atoms with Gasteiger partial charge in [-0.15, -0.1) is 11.3 Å². The van der Waals surface area contributed by atoms with Crippen molar-refractivity contribution in [2.75, 3.05) is 7.05 Å². The van der Waals surface area contributed by atoms with Gasteiger partial charge >= 0.3 is 0 Å². The van der Waals surface area contributed by atoms with Gasteiger partial charge in [0.05, 0.1) is 12.2 Å². The second kappa shape index (κ2) is 7.79. The second-order valence-electron chi connectivity index (χ2n) is 7.09. The van der Waals surface area contributed by atoms with Crippen molar-refractivity contribution in [3.05, 3.63) is 51.0 Å². The van der Waals surface area contributed by atoms with Crippen molar-refractivity contribution in [1.82, 2.24) is 15.6 Å². The summed E-state index contributed by atoms with van der Waals surface area (Å²) >= 11 is 1.69. The quantitative estimate of drug-likeness (QED) is 0.653. The van der Waals surface area contributed by atoms with E-state index in [4.69, 9.17) is 4.98 Å². The van der Waals surface area contributed by atoms with E-state index in [1.165, 1.54) is 16.7 Å². The number of benzene rings is 1. The Morgan fingerprint density at radius 3 is 2.46 bits per heavy atom. The number of nitrogens with zero attached hydrogens (tertiary/aromatic N) is 2. The maximum Gasteiger partial charge on any atom is 0.191 e. The molecule has 130 valence electrons. The second-order valence-corrected chi connectivity index (χ2v) is 8.03. The minimum atomic E-state index is 0.0949. The van der Waals surface area contributed by atoms with Crippen LogP contribution in [0.3, 0.4) is 0 Å². The Labute approximate surface area is 149 Å². The Morgan fingerprint density at radius 2 is 1.88 bits per heavy atom. The minimum Gasteiger partial charge on any atom is -0.352 e. The van der Waals surface area contributed by atoms with Gasteiger partial charge in [0.15, 0.2) is 5.96 Å². The number of rotatable bonds is 4. The van der Waals surface area contributed by atoms with E-state index in [0.29, 0.717) is 6.54 Å². The summed E-state index contributed by atoms with van der Waals surface area (Å²) in [6.45, 7) is 12.3. The van der Waals surface area contributed by atoms with Crippen LogP contribution < -0.4 is 10.6 Å². The van der Waals surface area contributed by atoms with Crippen LogP contribution in [0.5, 0.6) is 0 Å². The Morgan fingerprint density at radius 1 is 1.17 bits per heavy atom. The maximum absolute atomic E-state index is 4.70. The summed E-state index contributed by atoms with van der Waals surface area (Å²) in [5, 5.41) is 9.93. The zero-order chi connectivity index (χ0) is 17.7. The lowest BCUT2D eigenvalue weighted by Gasteiger charge is -2.14. The number of hydrogen-bond donors (Lipinski definition) is 2. The third-order valence-corrected chi connectivity index (χ3v) is 4.74. The van der Waals surface area contributed by atoms with Crippen molar-refractivity contribution in [1.29, 1.82) is 0 Å². The third-order valence-electron chi connectivity index (χ3n) is 3.90. The van der Waals surface area contributed by atoms with Gasteiger partial charge in [0.25, 0.3) is 0 Å². The molecule has 1 heterocycles. The van der Waals surface area contributed by atoms with Crippen molar-refractivity contribution < 1.29 is 0 Å². The molecule has 24 heavy (non-hydrogen) atoms. The van der Waals surface area contributed by atoms with Crippen LogP contribution in [0.1, 0.15) is 48.2 Å². The summed E-state index contributed by atoms with van der Waals surface area (Å²) < 4.78 is 0. The molecule has 0 aliphatic heterocycles. The van der Waals surface area contributed by atoms with E-state index in [-0.39, 0.29) is 5.41 Å². The summed E-state index contributed by atoms with van der Waals surface area (Å²) in [6.07, 6.45) is 0. The van der Waals surface area contributed by atoms with Gasteiger partial charge in [-0.3, -0.25) is 4.99 Å². The monoisotopic (exact) mass is 344 g/mol. The largest absolute Gasteiger partial charge is 0.352 e.